The van der Waals surface area contributed by atoms with Gasteiger partial charge in [-0.25, -0.2) is 14.8 Å². The Bertz CT molecular complexity index is 2170. The van der Waals surface area contributed by atoms with Gasteiger partial charge in [-0.1, -0.05) is 22.4 Å². The fourth-order valence-corrected chi connectivity index (χ4v) is 5.13. The van der Waals surface area contributed by atoms with Crippen molar-refractivity contribution in [2.45, 2.75) is 20.0 Å². The molecule has 0 unspecified atom stereocenters. The molecule has 0 bridgehead atoms. The SMILES string of the molecule is Cc1cc(-c2ccn3c(-c4cccc(NC(=O)NCC(F)(F)F)c4)cnc3c2)no1.Cc1cc(-c2ccn3c(I)cnc3c2)no1. The van der Waals surface area contributed by atoms with Crippen molar-refractivity contribution >= 4 is 45.6 Å². The molecule has 6 aromatic heterocycles. The molecule has 1 aromatic carbocycles. The number of imidazole rings is 2. The Kier molecular flexibility index (Phi) is 8.48. The number of rotatable bonds is 5. The van der Waals surface area contributed by atoms with Crippen LogP contribution in [0.1, 0.15) is 11.5 Å². The highest BCUT2D eigenvalue weighted by Crippen LogP contribution is 2.27. The summed E-state index contributed by atoms with van der Waals surface area (Å²) in [6.07, 6.45) is 2.87. The summed E-state index contributed by atoms with van der Waals surface area (Å²) in [7, 11) is 0. The van der Waals surface area contributed by atoms with Crippen LogP contribution in [0.4, 0.5) is 23.7 Å². The highest BCUT2D eigenvalue weighted by atomic mass is 127. The lowest BCUT2D eigenvalue weighted by Gasteiger charge is -2.10. The van der Waals surface area contributed by atoms with E-state index in [1.807, 2.05) is 83.7 Å². The van der Waals surface area contributed by atoms with Gasteiger partial charge in [-0.15, -0.1) is 0 Å². The molecule has 2 amide bonds. The van der Waals surface area contributed by atoms with Gasteiger partial charge in [-0.05, 0) is 72.8 Å². The van der Waals surface area contributed by atoms with E-state index >= 15 is 0 Å². The van der Waals surface area contributed by atoms with Crippen LogP contribution in [0.3, 0.4) is 0 Å². The van der Waals surface area contributed by atoms with Crippen molar-refractivity contribution in [2.75, 3.05) is 11.9 Å². The number of alkyl halides is 3. The van der Waals surface area contributed by atoms with Crippen LogP contribution in [-0.4, -0.2) is 47.8 Å². The molecular formula is C31H24F3IN8O3. The van der Waals surface area contributed by atoms with Crippen LogP contribution >= 0.6 is 22.6 Å². The van der Waals surface area contributed by atoms with Gasteiger partial charge in [0.2, 0.25) is 0 Å². The summed E-state index contributed by atoms with van der Waals surface area (Å²) in [4.78, 5) is 20.4. The van der Waals surface area contributed by atoms with Crippen LogP contribution in [0, 0.1) is 17.5 Å². The minimum absolute atomic E-state index is 0.358. The van der Waals surface area contributed by atoms with Crippen molar-refractivity contribution in [3.05, 3.63) is 101 Å². The Labute approximate surface area is 272 Å². The molecule has 0 aliphatic carbocycles. The quantitative estimate of drug-likeness (QED) is 0.175. The maximum absolute atomic E-state index is 12.2. The Hall–Kier alpha value is -5.19. The van der Waals surface area contributed by atoms with Gasteiger partial charge in [0.1, 0.15) is 44.4 Å². The number of pyridine rings is 2. The van der Waals surface area contributed by atoms with Crippen LogP contribution in [-0.2, 0) is 0 Å². The third-order valence-corrected chi connectivity index (χ3v) is 7.49. The number of nitrogens with zero attached hydrogens (tertiary/aromatic N) is 6. The molecule has 7 aromatic rings. The van der Waals surface area contributed by atoms with Gasteiger partial charge in [-0.2, -0.15) is 13.2 Å². The molecule has 0 fully saturated rings. The highest BCUT2D eigenvalue weighted by Gasteiger charge is 2.27. The van der Waals surface area contributed by atoms with E-state index in [1.165, 1.54) is 0 Å². The average molecular weight is 740 g/mol. The Morgan fingerprint density at radius 3 is 2.04 bits per heavy atom. The topological polar surface area (TPSA) is 128 Å². The zero-order valence-electron chi connectivity index (χ0n) is 24.2. The number of hydrogen-bond donors (Lipinski definition) is 2. The van der Waals surface area contributed by atoms with E-state index in [0.29, 0.717) is 22.8 Å². The fourth-order valence-electron chi connectivity index (χ4n) is 4.58. The molecule has 0 aliphatic rings. The third-order valence-electron chi connectivity index (χ3n) is 6.69. The molecule has 0 atom stereocenters. The number of fused-ring (bicyclic) bond motifs is 2. The number of nitrogens with one attached hydrogen (secondary N) is 2. The molecule has 0 aliphatic heterocycles. The Morgan fingerprint density at radius 1 is 0.826 bits per heavy atom. The summed E-state index contributed by atoms with van der Waals surface area (Å²) in [6, 6.07) is 17.3. The van der Waals surface area contributed by atoms with Crippen molar-refractivity contribution in [3.8, 4) is 33.8 Å². The monoisotopic (exact) mass is 740 g/mol. The Morgan fingerprint density at radius 2 is 1.43 bits per heavy atom. The summed E-state index contributed by atoms with van der Waals surface area (Å²) in [6.45, 7) is 2.29. The lowest BCUT2D eigenvalue weighted by Crippen LogP contribution is -2.36. The standard InChI is InChI=1S/C20H16F3N5O2.C11H8IN3O/c1-12-7-16(27-30-12)13-5-6-28-17(10-24-18(28)9-13)14-3-2-4-15(8-14)26-19(29)25-11-20(21,22)23;1-7-4-9(14-16-7)8-2-3-15-10(12)6-13-11(15)5-8/h2-10H,11H2,1H3,(H2,25,26,29);2-6H,1H3. The second-order valence-electron chi connectivity index (χ2n) is 10.2. The number of hydrogen-bond acceptors (Lipinski definition) is 7. The predicted molar refractivity (Wildman–Crippen MR) is 172 cm³/mol. The number of urea groups is 1. The smallest absolute Gasteiger partial charge is 0.361 e. The van der Waals surface area contributed by atoms with E-state index in [9.17, 15) is 18.0 Å². The number of anilines is 1. The summed E-state index contributed by atoms with van der Waals surface area (Å²) < 4.78 is 51.8. The molecule has 2 N–H and O–H groups in total. The third kappa shape index (κ3) is 7.03. The summed E-state index contributed by atoms with van der Waals surface area (Å²) in [5.74, 6) is 1.52. The normalized spacial score (nSPS) is 11.4. The zero-order valence-corrected chi connectivity index (χ0v) is 26.4. The number of amides is 2. The van der Waals surface area contributed by atoms with E-state index in [-0.39, 0.29) is 0 Å². The molecule has 11 nitrogen and oxygen atoms in total. The number of aryl methyl sites for hydroxylation is 2. The van der Waals surface area contributed by atoms with Gasteiger partial charge in [0.25, 0.3) is 0 Å². The van der Waals surface area contributed by atoms with Crippen LogP contribution in [0.25, 0.3) is 45.1 Å². The molecule has 6 heterocycles. The summed E-state index contributed by atoms with van der Waals surface area (Å²) >= 11 is 2.25. The summed E-state index contributed by atoms with van der Waals surface area (Å²) in [5, 5.41) is 12.2. The molecular weight excluding hydrogens is 716 g/mol. The van der Waals surface area contributed by atoms with Crippen LogP contribution < -0.4 is 10.6 Å². The minimum Gasteiger partial charge on any atom is -0.361 e. The zero-order chi connectivity index (χ0) is 32.4. The second-order valence-corrected chi connectivity index (χ2v) is 11.3. The molecule has 15 heteroatoms. The second kappa shape index (κ2) is 12.7. The van der Waals surface area contributed by atoms with Crippen molar-refractivity contribution in [1.29, 1.82) is 0 Å². The van der Waals surface area contributed by atoms with Crippen LogP contribution in [0.5, 0.6) is 0 Å². The first-order chi connectivity index (χ1) is 22.0. The largest absolute Gasteiger partial charge is 0.405 e. The lowest BCUT2D eigenvalue weighted by atomic mass is 10.1. The molecule has 0 spiro atoms. The molecule has 46 heavy (non-hydrogen) atoms. The van der Waals surface area contributed by atoms with E-state index in [1.54, 1.807) is 29.7 Å². The molecule has 234 valence electrons. The van der Waals surface area contributed by atoms with Crippen molar-refractivity contribution in [3.63, 3.8) is 0 Å². The number of carbonyl (C=O) groups is 1. The van der Waals surface area contributed by atoms with Crippen LogP contribution in [0.15, 0.2) is 94.5 Å². The molecule has 0 saturated carbocycles. The number of halogens is 4. The lowest BCUT2D eigenvalue weighted by molar-refractivity contribution is -0.122. The number of aromatic nitrogens is 6. The number of carbonyl (C=O) groups excluding carboxylic acids is 1. The predicted octanol–water partition coefficient (Wildman–Crippen LogP) is 7.55. The van der Waals surface area contributed by atoms with Gasteiger partial charge in [-0.3, -0.25) is 8.80 Å². The summed E-state index contributed by atoms with van der Waals surface area (Å²) in [5.41, 5.74) is 6.88. The van der Waals surface area contributed by atoms with Crippen molar-refractivity contribution in [2.24, 2.45) is 0 Å². The van der Waals surface area contributed by atoms with E-state index in [0.717, 1.165) is 43.2 Å². The van der Waals surface area contributed by atoms with Gasteiger partial charge in [0, 0.05) is 46.9 Å². The van der Waals surface area contributed by atoms with Gasteiger partial charge in [0.15, 0.2) is 0 Å². The van der Waals surface area contributed by atoms with Crippen molar-refractivity contribution < 1.29 is 27.0 Å². The first-order valence-electron chi connectivity index (χ1n) is 13.7. The minimum atomic E-state index is -4.47. The molecule has 0 saturated heterocycles. The molecule has 7 rings (SSSR count). The maximum atomic E-state index is 12.2. The van der Waals surface area contributed by atoms with E-state index in [2.05, 4.69) is 48.2 Å². The van der Waals surface area contributed by atoms with Gasteiger partial charge < -0.3 is 19.7 Å². The first-order valence-corrected chi connectivity index (χ1v) is 14.8. The first kappa shape index (κ1) is 30.8. The van der Waals surface area contributed by atoms with Crippen molar-refractivity contribution in [1.82, 2.24) is 34.4 Å². The van der Waals surface area contributed by atoms with Gasteiger partial charge in [0.05, 0.1) is 18.1 Å². The average Bonchev–Trinajstić information content (AvgIpc) is 3.83. The number of benzene rings is 1. The Balaban J connectivity index is 0.000000194. The van der Waals surface area contributed by atoms with E-state index < -0.39 is 18.8 Å². The maximum Gasteiger partial charge on any atom is 0.405 e. The highest BCUT2D eigenvalue weighted by molar-refractivity contribution is 14.1. The molecule has 0 radical (unpaired) electrons. The van der Waals surface area contributed by atoms with Crippen LogP contribution in [0.2, 0.25) is 0 Å². The van der Waals surface area contributed by atoms with E-state index in [4.69, 9.17) is 9.05 Å². The fraction of sp³-hybridized carbons (Fsp3) is 0.129. The van der Waals surface area contributed by atoms with Gasteiger partial charge >= 0.3 is 12.2 Å².